The molecule has 1 N–H and O–H groups in total. The maximum atomic E-state index is 11.1. The van der Waals surface area contributed by atoms with E-state index in [0.717, 1.165) is 19.5 Å². The van der Waals surface area contributed by atoms with Crippen LogP contribution in [0.2, 0.25) is 0 Å². The second kappa shape index (κ2) is 6.05. The van der Waals surface area contributed by atoms with E-state index in [1.807, 2.05) is 0 Å². The molecule has 20 heavy (non-hydrogen) atoms. The van der Waals surface area contributed by atoms with Gasteiger partial charge in [0.15, 0.2) is 0 Å². The zero-order valence-corrected chi connectivity index (χ0v) is 13.5. The van der Waals surface area contributed by atoms with E-state index in [1.54, 1.807) is 0 Å². The van der Waals surface area contributed by atoms with Crippen LogP contribution in [-0.2, 0) is 4.79 Å². The van der Waals surface area contributed by atoms with Crippen LogP contribution in [0.25, 0.3) is 0 Å². The predicted octanol–water partition coefficient (Wildman–Crippen LogP) is 3.92. The Morgan fingerprint density at radius 2 is 1.70 bits per heavy atom. The van der Waals surface area contributed by atoms with Gasteiger partial charge in [-0.2, -0.15) is 0 Å². The number of carbonyl (C=O) groups is 1. The van der Waals surface area contributed by atoms with Gasteiger partial charge in [0.05, 0.1) is 6.42 Å². The molecule has 1 saturated heterocycles. The first-order valence-corrected chi connectivity index (χ1v) is 8.26. The third-order valence-corrected chi connectivity index (χ3v) is 5.02. The normalized spacial score (nSPS) is 24.9. The summed E-state index contributed by atoms with van der Waals surface area (Å²) >= 11 is 0. The van der Waals surface area contributed by atoms with Crippen LogP contribution in [0.3, 0.4) is 0 Å². The van der Waals surface area contributed by atoms with Crippen molar-refractivity contribution in [1.82, 2.24) is 4.90 Å². The number of hydrogen-bond acceptors (Lipinski definition) is 2. The van der Waals surface area contributed by atoms with Gasteiger partial charge in [-0.3, -0.25) is 9.69 Å². The van der Waals surface area contributed by atoms with Crippen molar-refractivity contribution >= 4 is 5.97 Å². The van der Waals surface area contributed by atoms with Crippen LogP contribution in [-0.4, -0.2) is 35.1 Å². The maximum Gasteiger partial charge on any atom is 0.304 e. The Kier molecular flexibility index (Phi) is 4.78. The molecular weight excluding hydrogens is 250 g/mol. The summed E-state index contributed by atoms with van der Waals surface area (Å²) in [5, 5.41) is 9.17. The van der Waals surface area contributed by atoms with Crippen molar-refractivity contribution in [3.8, 4) is 0 Å². The van der Waals surface area contributed by atoms with E-state index in [-0.39, 0.29) is 11.5 Å². The Morgan fingerprint density at radius 1 is 1.15 bits per heavy atom. The van der Waals surface area contributed by atoms with E-state index in [1.165, 1.54) is 38.5 Å². The number of carboxylic acid groups (broad SMARTS) is 1. The fraction of sp³-hybridized carbons (Fsp3) is 0.941. The van der Waals surface area contributed by atoms with Crippen molar-refractivity contribution in [3.05, 3.63) is 0 Å². The molecule has 1 atom stereocenters. The molecule has 2 fully saturated rings. The first-order chi connectivity index (χ1) is 9.30. The van der Waals surface area contributed by atoms with Crippen molar-refractivity contribution in [1.29, 1.82) is 0 Å². The van der Waals surface area contributed by atoms with E-state index in [2.05, 4.69) is 25.7 Å². The average molecular weight is 281 g/mol. The van der Waals surface area contributed by atoms with Gasteiger partial charge in [0.1, 0.15) is 0 Å². The van der Waals surface area contributed by atoms with Crippen LogP contribution < -0.4 is 0 Å². The minimum absolute atomic E-state index is 0.201. The van der Waals surface area contributed by atoms with Crippen molar-refractivity contribution in [2.45, 2.75) is 78.2 Å². The summed E-state index contributed by atoms with van der Waals surface area (Å²) in [4.78, 5) is 13.6. The summed E-state index contributed by atoms with van der Waals surface area (Å²) in [7, 11) is 0. The van der Waals surface area contributed by atoms with Gasteiger partial charge in [-0.05, 0) is 30.1 Å². The lowest BCUT2D eigenvalue weighted by molar-refractivity contribution is -0.141. The van der Waals surface area contributed by atoms with Gasteiger partial charge in [0, 0.05) is 19.1 Å². The number of carboxylic acids is 1. The molecule has 116 valence electrons. The van der Waals surface area contributed by atoms with E-state index >= 15 is 0 Å². The number of nitrogens with zero attached hydrogens (tertiary/aromatic N) is 1. The fourth-order valence-electron chi connectivity index (χ4n) is 4.11. The Balaban J connectivity index is 1.93. The molecule has 1 unspecified atom stereocenters. The summed E-state index contributed by atoms with van der Waals surface area (Å²) in [6.45, 7) is 8.91. The summed E-state index contributed by atoms with van der Waals surface area (Å²) in [5.74, 6) is -0.652. The minimum atomic E-state index is -0.652. The lowest BCUT2D eigenvalue weighted by Crippen LogP contribution is -2.60. The fourth-order valence-corrected chi connectivity index (χ4v) is 4.11. The summed E-state index contributed by atoms with van der Waals surface area (Å²) < 4.78 is 0. The van der Waals surface area contributed by atoms with Gasteiger partial charge >= 0.3 is 5.97 Å². The highest BCUT2D eigenvalue weighted by atomic mass is 16.4. The van der Waals surface area contributed by atoms with Crippen molar-refractivity contribution in [2.75, 3.05) is 13.1 Å². The second-order valence-electron chi connectivity index (χ2n) is 8.34. The van der Waals surface area contributed by atoms with Crippen molar-refractivity contribution in [2.24, 2.45) is 10.8 Å². The van der Waals surface area contributed by atoms with E-state index in [9.17, 15) is 4.79 Å². The highest BCUT2D eigenvalue weighted by Gasteiger charge is 2.45. The Hall–Kier alpha value is -0.570. The zero-order chi connectivity index (χ0) is 14.8. The van der Waals surface area contributed by atoms with Gasteiger partial charge in [-0.1, -0.05) is 46.5 Å². The number of rotatable bonds is 4. The summed E-state index contributed by atoms with van der Waals surface area (Å²) in [6.07, 6.45) is 9.53. The third-order valence-electron chi connectivity index (χ3n) is 5.02. The van der Waals surface area contributed by atoms with E-state index in [4.69, 9.17) is 5.11 Å². The van der Waals surface area contributed by atoms with Crippen LogP contribution in [0, 0.1) is 10.8 Å². The first kappa shape index (κ1) is 15.8. The Morgan fingerprint density at radius 3 is 2.15 bits per heavy atom. The molecule has 1 saturated carbocycles. The zero-order valence-electron chi connectivity index (χ0n) is 13.5. The maximum absolute atomic E-state index is 11.1. The molecule has 1 aliphatic carbocycles. The van der Waals surface area contributed by atoms with E-state index in [0.29, 0.717) is 11.8 Å². The quantitative estimate of drug-likeness (QED) is 0.849. The second-order valence-corrected chi connectivity index (χ2v) is 8.34. The molecule has 1 heterocycles. The van der Waals surface area contributed by atoms with Gasteiger partial charge < -0.3 is 5.11 Å². The third kappa shape index (κ3) is 4.21. The van der Waals surface area contributed by atoms with Crippen molar-refractivity contribution < 1.29 is 9.90 Å². The average Bonchev–Trinajstić information content (AvgIpc) is 2.48. The van der Waals surface area contributed by atoms with Gasteiger partial charge in [0.2, 0.25) is 0 Å². The number of hydrogen-bond donors (Lipinski definition) is 1. The largest absolute Gasteiger partial charge is 0.481 e. The first-order valence-electron chi connectivity index (χ1n) is 8.26. The molecule has 0 aromatic rings. The smallest absolute Gasteiger partial charge is 0.304 e. The minimum Gasteiger partial charge on any atom is -0.481 e. The van der Waals surface area contributed by atoms with Crippen LogP contribution in [0.1, 0.15) is 72.1 Å². The van der Waals surface area contributed by atoms with Crippen LogP contribution >= 0.6 is 0 Å². The van der Waals surface area contributed by atoms with E-state index < -0.39 is 5.97 Å². The SMILES string of the molecule is CC(C)(C)CC(CC(=O)O)N1CC2(CCCCCC2)C1. The molecule has 2 rings (SSSR count). The molecule has 3 nitrogen and oxygen atoms in total. The molecule has 0 amide bonds. The highest BCUT2D eigenvalue weighted by Crippen LogP contribution is 2.45. The number of aliphatic carboxylic acids is 1. The molecule has 3 heteroatoms. The molecule has 1 aliphatic heterocycles. The molecule has 2 aliphatic rings. The lowest BCUT2D eigenvalue weighted by atomic mass is 9.71. The van der Waals surface area contributed by atoms with Crippen LogP contribution in [0.15, 0.2) is 0 Å². The summed E-state index contributed by atoms with van der Waals surface area (Å²) in [5.41, 5.74) is 0.734. The molecule has 0 aromatic heterocycles. The predicted molar refractivity (Wildman–Crippen MR) is 81.8 cm³/mol. The highest BCUT2D eigenvalue weighted by molar-refractivity contribution is 5.67. The Labute approximate surface area is 123 Å². The molecule has 0 radical (unpaired) electrons. The number of likely N-dealkylation sites (tertiary alicyclic amines) is 1. The van der Waals surface area contributed by atoms with Crippen LogP contribution in [0.4, 0.5) is 0 Å². The summed E-state index contributed by atoms with van der Waals surface area (Å²) in [6, 6.07) is 0.223. The van der Waals surface area contributed by atoms with Crippen LogP contribution in [0.5, 0.6) is 0 Å². The monoisotopic (exact) mass is 281 g/mol. The lowest BCUT2D eigenvalue weighted by Gasteiger charge is -2.54. The topological polar surface area (TPSA) is 40.5 Å². The molecular formula is C17H31NO2. The molecule has 0 aromatic carbocycles. The van der Waals surface area contributed by atoms with Gasteiger partial charge in [0.25, 0.3) is 0 Å². The molecule has 1 spiro atoms. The van der Waals surface area contributed by atoms with Gasteiger partial charge in [-0.25, -0.2) is 0 Å². The standard InChI is InChI=1S/C17H31NO2/c1-16(2,3)11-14(10-15(19)20)18-12-17(13-18)8-6-4-5-7-9-17/h14H,4-13H2,1-3H3,(H,19,20). The van der Waals surface area contributed by atoms with Crippen molar-refractivity contribution in [3.63, 3.8) is 0 Å². The van der Waals surface area contributed by atoms with Gasteiger partial charge in [-0.15, -0.1) is 0 Å². The molecule has 0 bridgehead atoms. The Bertz CT molecular complexity index is 329.